The van der Waals surface area contributed by atoms with Gasteiger partial charge in [-0.1, -0.05) is 24.3 Å². The van der Waals surface area contributed by atoms with Gasteiger partial charge < -0.3 is 19.9 Å². The predicted molar refractivity (Wildman–Crippen MR) is 111 cm³/mol. The highest BCUT2D eigenvalue weighted by molar-refractivity contribution is 5.75. The van der Waals surface area contributed by atoms with Gasteiger partial charge in [0.25, 0.3) is 5.69 Å². The molecule has 2 aromatic carbocycles. The molecule has 0 atom stereocenters. The Morgan fingerprint density at radius 3 is 2.44 bits per heavy atom. The molecule has 1 heterocycles. The SMILES string of the molecule is COCc1cccc(CNC(=O)N2CCN(c3ccc(C(F)(F)F)cc3[N+](=O)[O-])CC2)c1. The topological polar surface area (TPSA) is 88.0 Å². The molecular weight excluding hydrogens is 429 g/mol. The molecule has 1 aliphatic heterocycles. The Morgan fingerprint density at radius 2 is 1.81 bits per heavy atom. The number of carbonyl (C=O) groups is 1. The van der Waals surface area contributed by atoms with Crippen LogP contribution < -0.4 is 10.2 Å². The zero-order valence-electron chi connectivity index (χ0n) is 17.4. The predicted octanol–water partition coefficient (Wildman–Crippen LogP) is 3.79. The first kappa shape index (κ1) is 23.3. The normalized spacial score (nSPS) is 14.4. The molecule has 1 fully saturated rings. The van der Waals surface area contributed by atoms with Crippen LogP contribution in [0.25, 0.3) is 0 Å². The van der Waals surface area contributed by atoms with E-state index in [9.17, 15) is 28.1 Å². The van der Waals surface area contributed by atoms with Gasteiger partial charge in [0.1, 0.15) is 5.69 Å². The summed E-state index contributed by atoms with van der Waals surface area (Å²) >= 11 is 0. The molecule has 1 aliphatic rings. The van der Waals surface area contributed by atoms with Crippen LogP contribution >= 0.6 is 0 Å². The van der Waals surface area contributed by atoms with E-state index in [0.717, 1.165) is 23.3 Å². The van der Waals surface area contributed by atoms with Crippen molar-refractivity contribution in [2.75, 3.05) is 38.2 Å². The van der Waals surface area contributed by atoms with Crippen molar-refractivity contribution < 1.29 is 27.6 Å². The van der Waals surface area contributed by atoms with Crippen molar-refractivity contribution in [1.29, 1.82) is 0 Å². The second-order valence-corrected chi connectivity index (χ2v) is 7.34. The summed E-state index contributed by atoms with van der Waals surface area (Å²) in [5.41, 5.74) is 0.352. The van der Waals surface area contributed by atoms with Crippen LogP contribution in [0.5, 0.6) is 0 Å². The fourth-order valence-electron chi connectivity index (χ4n) is 3.55. The number of ether oxygens (including phenoxy) is 1. The minimum Gasteiger partial charge on any atom is -0.380 e. The van der Waals surface area contributed by atoms with Crippen molar-refractivity contribution in [2.24, 2.45) is 0 Å². The Bertz CT molecular complexity index is 976. The van der Waals surface area contributed by atoms with Crippen LogP contribution in [-0.4, -0.2) is 49.1 Å². The molecule has 0 saturated carbocycles. The van der Waals surface area contributed by atoms with Crippen LogP contribution in [0, 0.1) is 10.1 Å². The number of nitrogens with one attached hydrogen (secondary N) is 1. The maximum Gasteiger partial charge on any atom is 0.416 e. The molecule has 0 spiro atoms. The van der Waals surface area contributed by atoms with Crippen LogP contribution in [0.1, 0.15) is 16.7 Å². The number of nitro groups is 1. The highest BCUT2D eigenvalue weighted by atomic mass is 19.4. The number of alkyl halides is 3. The minimum absolute atomic E-state index is 0.109. The summed E-state index contributed by atoms with van der Waals surface area (Å²) in [5.74, 6) is 0. The second-order valence-electron chi connectivity index (χ2n) is 7.34. The van der Waals surface area contributed by atoms with E-state index in [1.165, 1.54) is 0 Å². The summed E-state index contributed by atoms with van der Waals surface area (Å²) in [5, 5.41) is 14.2. The molecule has 1 saturated heterocycles. The third kappa shape index (κ3) is 5.67. The van der Waals surface area contributed by atoms with Gasteiger partial charge in [-0.05, 0) is 23.3 Å². The average Bonchev–Trinajstić information content (AvgIpc) is 2.77. The van der Waals surface area contributed by atoms with Crippen molar-refractivity contribution in [3.05, 3.63) is 69.3 Å². The molecule has 32 heavy (non-hydrogen) atoms. The number of urea groups is 1. The summed E-state index contributed by atoms with van der Waals surface area (Å²) in [4.78, 5) is 26.2. The zero-order chi connectivity index (χ0) is 23.3. The van der Waals surface area contributed by atoms with E-state index in [4.69, 9.17) is 4.74 Å². The van der Waals surface area contributed by atoms with Gasteiger partial charge in [-0.3, -0.25) is 10.1 Å². The van der Waals surface area contributed by atoms with E-state index in [2.05, 4.69) is 5.32 Å². The van der Waals surface area contributed by atoms with Crippen molar-refractivity contribution in [3.8, 4) is 0 Å². The fraction of sp³-hybridized carbons (Fsp3) is 0.381. The van der Waals surface area contributed by atoms with Crippen LogP contribution in [-0.2, 0) is 24.1 Å². The lowest BCUT2D eigenvalue weighted by molar-refractivity contribution is -0.384. The minimum atomic E-state index is -4.66. The van der Waals surface area contributed by atoms with E-state index in [1.54, 1.807) is 16.9 Å². The second kappa shape index (κ2) is 9.86. The van der Waals surface area contributed by atoms with Gasteiger partial charge in [-0.2, -0.15) is 13.2 Å². The van der Waals surface area contributed by atoms with Gasteiger partial charge in [0.15, 0.2) is 0 Å². The summed E-state index contributed by atoms with van der Waals surface area (Å²) in [6.07, 6.45) is -4.66. The Labute approximate surface area is 182 Å². The maximum atomic E-state index is 12.9. The molecule has 0 bridgehead atoms. The molecule has 2 aromatic rings. The number of carbonyl (C=O) groups excluding carboxylic acids is 1. The first-order valence-electron chi connectivity index (χ1n) is 9.89. The van der Waals surface area contributed by atoms with Crippen LogP contribution in [0.3, 0.4) is 0 Å². The largest absolute Gasteiger partial charge is 0.416 e. The number of amides is 2. The van der Waals surface area contributed by atoms with Gasteiger partial charge >= 0.3 is 12.2 Å². The molecule has 1 N–H and O–H groups in total. The summed E-state index contributed by atoms with van der Waals surface area (Å²) in [6.45, 7) is 1.91. The van der Waals surface area contributed by atoms with Crippen LogP contribution in [0.4, 0.5) is 29.3 Å². The zero-order valence-corrected chi connectivity index (χ0v) is 17.4. The molecule has 8 nitrogen and oxygen atoms in total. The Balaban J connectivity index is 1.59. The summed E-state index contributed by atoms with van der Waals surface area (Å²) in [7, 11) is 1.60. The standard InChI is InChI=1S/C21H23F3N4O4/c1-32-14-16-4-2-3-15(11-16)13-25-20(29)27-9-7-26(8-10-27)18-6-5-17(21(22,23)24)12-19(18)28(30)31/h2-6,11-12H,7-10,13-14H2,1H3,(H,25,29). The fourth-order valence-corrected chi connectivity index (χ4v) is 3.55. The smallest absolute Gasteiger partial charge is 0.380 e. The monoisotopic (exact) mass is 452 g/mol. The number of anilines is 1. The van der Waals surface area contributed by atoms with Gasteiger partial charge in [-0.15, -0.1) is 0 Å². The number of piperazine rings is 1. The van der Waals surface area contributed by atoms with Crippen molar-refractivity contribution >= 4 is 17.4 Å². The molecule has 2 amide bonds. The maximum absolute atomic E-state index is 12.9. The lowest BCUT2D eigenvalue weighted by atomic mass is 10.1. The highest BCUT2D eigenvalue weighted by Gasteiger charge is 2.34. The van der Waals surface area contributed by atoms with Crippen molar-refractivity contribution in [3.63, 3.8) is 0 Å². The van der Waals surface area contributed by atoms with E-state index in [1.807, 2.05) is 24.3 Å². The molecule has 0 aliphatic carbocycles. The number of halogens is 3. The third-order valence-electron chi connectivity index (χ3n) is 5.15. The van der Waals surface area contributed by atoms with E-state index >= 15 is 0 Å². The first-order valence-corrected chi connectivity index (χ1v) is 9.89. The number of hydrogen-bond acceptors (Lipinski definition) is 5. The third-order valence-corrected chi connectivity index (χ3v) is 5.15. The van der Waals surface area contributed by atoms with Gasteiger partial charge in [-0.25, -0.2) is 4.79 Å². The summed E-state index contributed by atoms with van der Waals surface area (Å²) < 4.78 is 43.8. The lowest BCUT2D eigenvalue weighted by Crippen LogP contribution is -2.51. The number of nitro benzene ring substituents is 1. The van der Waals surface area contributed by atoms with Gasteiger partial charge in [0.05, 0.1) is 17.1 Å². The first-order chi connectivity index (χ1) is 15.2. The van der Waals surface area contributed by atoms with Crippen LogP contribution in [0.15, 0.2) is 42.5 Å². The molecule has 0 aromatic heterocycles. The highest BCUT2D eigenvalue weighted by Crippen LogP contribution is 2.36. The summed E-state index contributed by atoms with van der Waals surface area (Å²) in [6, 6.07) is 9.85. The number of nitrogens with zero attached hydrogens (tertiary/aromatic N) is 3. The van der Waals surface area contributed by atoms with E-state index in [0.29, 0.717) is 19.2 Å². The Kier molecular flexibility index (Phi) is 7.18. The van der Waals surface area contributed by atoms with Crippen molar-refractivity contribution in [2.45, 2.75) is 19.3 Å². The number of rotatable bonds is 6. The van der Waals surface area contributed by atoms with Gasteiger partial charge in [0.2, 0.25) is 0 Å². The molecule has 0 radical (unpaired) electrons. The Hall–Kier alpha value is -3.34. The molecule has 172 valence electrons. The average molecular weight is 452 g/mol. The molecule has 0 unspecified atom stereocenters. The van der Waals surface area contributed by atoms with Crippen molar-refractivity contribution in [1.82, 2.24) is 10.2 Å². The lowest BCUT2D eigenvalue weighted by Gasteiger charge is -2.35. The number of benzene rings is 2. The van der Waals surface area contributed by atoms with Gasteiger partial charge in [0, 0.05) is 45.9 Å². The molecule has 11 heteroatoms. The van der Waals surface area contributed by atoms with Crippen LogP contribution in [0.2, 0.25) is 0 Å². The number of methoxy groups -OCH3 is 1. The molecular formula is C21H23F3N4O4. The van der Waals surface area contributed by atoms with E-state index < -0.39 is 22.4 Å². The number of hydrogen-bond donors (Lipinski definition) is 1. The Morgan fingerprint density at radius 1 is 1.12 bits per heavy atom. The van der Waals surface area contributed by atoms with E-state index in [-0.39, 0.29) is 37.9 Å². The molecule has 3 rings (SSSR count). The quantitative estimate of drug-likeness (QED) is 0.532.